The van der Waals surface area contributed by atoms with Crippen LogP contribution in [0.5, 0.6) is 0 Å². The maximum atomic E-state index is 13.0. The van der Waals surface area contributed by atoms with Crippen LogP contribution in [0.4, 0.5) is 11.4 Å². The van der Waals surface area contributed by atoms with E-state index in [2.05, 4.69) is 58.9 Å². The van der Waals surface area contributed by atoms with Crippen molar-refractivity contribution in [2.45, 2.75) is 13.5 Å². The second-order valence-electron chi connectivity index (χ2n) is 8.35. The Bertz CT molecular complexity index is 1580. The van der Waals surface area contributed by atoms with Gasteiger partial charge in [0, 0.05) is 39.7 Å². The van der Waals surface area contributed by atoms with Gasteiger partial charge in [-0.1, -0.05) is 60.7 Å². The molecule has 170 valence electrons. The van der Waals surface area contributed by atoms with E-state index in [1.807, 2.05) is 71.6 Å². The van der Waals surface area contributed by atoms with Gasteiger partial charge in [-0.05, 0) is 72.8 Å². The SMILES string of the molecule is CCn1c2ccccc2c2cc(/C=C3/SC(N(c4ccccc4)c4ccccc4)=NC3=O)ccc21. The molecule has 0 saturated heterocycles. The number of para-hydroxylation sites is 3. The van der Waals surface area contributed by atoms with Crippen molar-refractivity contribution in [2.24, 2.45) is 4.99 Å². The number of aromatic nitrogens is 1. The molecule has 0 spiro atoms. The molecule has 1 amide bonds. The van der Waals surface area contributed by atoms with Crippen molar-refractivity contribution in [1.82, 2.24) is 4.57 Å². The van der Waals surface area contributed by atoms with E-state index in [0.717, 1.165) is 23.5 Å². The molecule has 4 aromatic carbocycles. The van der Waals surface area contributed by atoms with Crippen LogP contribution in [-0.4, -0.2) is 15.6 Å². The highest BCUT2D eigenvalue weighted by Gasteiger charge is 2.28. The lowest BCUT2D eigenvalue weighted by atomic mass is 10.1. The molecule has 1 aromatic heterocycles. The standard InChI is InChI=1S/C30H23N3OS/c1-2-32-26-16-10-9-15-24(26)25-19-21(17-18-27(25)32)20-28-29(34)31-30(35-28)33(22-11-5-3-6-12-22)23-13-7-4-8-14-23/h3-20H,2H2,1H3/b28-20+. The van der Waals surface area contributed by atoms with Crippen LogP contribution >= 0.6 is 11.8 Å². The van der Waals surface area contributed by atoms with Crippen LogP contribution in [0.25, 0.3) is 27.9 Å². The van der Waals surface area contributed by atoms with Crippen LogP contribution in [0.2, 0.25) is 0 Å². The average molecular weight is 474 g/mol. The first-order valence-electron chi connectivity index (χ1n) is 11.7. The summed E-state index contributed by atoms with van der Waals surface area (Å²) < 4.78 is 2.33. The second-order valence-corrected chi connectivity index (χ2v) is 9.36. The third-order valence-corrected chi connectivity index (χ3v) is 7.21. The van der Waals surface area contributed by atoms with Crippen LogP contribution in [-0.2, 0) is 11.3 Å². The third kappa shape index (κ3) is 3.84. The summed E-state index contributed by atoms with van der Waals surface area (Å²) in [6, 6.07) is 34.9. The topological polar surface area (TPSA) is 37.6 Å². The molecule has 0 saturated carbocycles. The van der Waals surface area contributed by atoms with Gasteiger partial charge in [-0.25, -0.2) is 0 Å². The first kappa shape index (κ1) is 21.4. The summed E-state index contributed by atoms with van der Waals surface area (Å²) in [6.07, 6.45) is 1.95. The van der Waals surface area contributed by atoms with E-state index in [1.54, 1.807) is 0 Å². The number of rotatable bonds is 4. The van der Waals surface area contributed by atoms with E-state index in [9.17, 15) is 4.79 Å². The fourth-order valence-corrected chi connectivity index (χ4v) is 5.63. The van der Waals surface area contributed by atoms with Crippen molar-refractivity contribution >= 4 is 62.1 Å². The molecule has 0 N–H and O–H groups in total. The highest BCUT2D eigenvalue weighted by molar-refractivity contribution is 8.18. The number of fused-ring (bicyclic) bond motifs is 3. The van der Waals surface area contributed by atoms with E-state index >= 15 is 0 Å². The van der Waals surface area contributed by atoms with Crippen LogP contribution < -0.4 is 4.90 Å². The second kappa shape index (κ2) is 8.93. The van der Waals surface area contributed by atoms with Crippen LogP contribution in [0, 0.1) is 0 Å². The Hall–Kier alpha value is -4.09. The van der Waals surface area contributed by atoms with Crippen molar-refractivity contribution in [3.63, 3.8) is 0 Å². The molecule has 0 unspecified atom stereocenters. The number of anilines is 2. The van der Waals surface area contributed by atoms with Gasteiger partial charge in [0.1, 0.15) is 0 Å². The van der Waals surface area contributed by atoms with Crippen molar-refractivity contribution in [3.05, 3.63) is 114 Å². The van der Waals surface area contributed by atoms with E-state index < -0.39 is 0 Å². The van der Waals surface area contributed by atoms with E-state index in [1.165, 1.54) is 33.6 Å². The number of carbonyl (C=O) groups is 1. The summed E-state index contributed by atoms with van der Waals surface area (Å²) in [7, 11) is 0. The zero-order chi connectivity index (χ0) is 23.8. The maximum Gasteiger partial charge on any atom is 0.286 e. The molecule has 0 fully saturated rings. The Kier molecular flexibility index (Phi) is 5.47. The molecule has 5 aromatic rings. The number of thioether (sulfide) groups is 1. The quantitative estimate of drug-likeness (QED) is 0.252. The van der Waals surface area contributed by atoms with Gasteiger partial charge in [-0.3, -0.25) is 9.69 Å². The zero-order valence-electron chi connectivity index (χ0n) is 19.3. The minimum Gasteiger partial charge on any atom is -0.341 e. The molecule has 0 atom stereocenters. The van der Waals surface area contributed by atoms with Gasteiger partial charge in [-0.2, -0.15) is 4.99 Å². The summed E-state index contributed by atoms with van der Waals surface area (Å²) in [5.41, 5.74) is 5.36. The Morgan fingerprint density at radius 3 is 2.11 bits per heavy atom. The third-order valence-electron chi connectivity index (χ3n) is 6.24. The highest BCUT2D eigenvalue weighted by atomic mass is 32.2. The number of hydrogen-bond acceptors (Lipinski definition) is 3. The van der Waals surface area contributed by atoms with Gasteiger partial charge in [0.15, 0.2) is 5.17 Å². The van der Waals surface area contributed by atoms with Crippen molar-refractivity contribution in [1.29, 1.82) is 0 Å². The number of carbonyl (C=O) groups excluding carboxylic acids is 1. The molecule has 1 aliphatic rings. The predicted octanol–water partition coefficient (Wildman–Crippen LogP) is 7.62. The van der Waals surface area contributed by atoms with E-state index in [-0.39, 0.29) is 5.91 Å². The van der Waals surface area contributed by atoms with Gasteiger partial charge in [0.25, 0.3) is 5.91 Å². The summed E-state index contributed by atoms with van der Waals surface area (Å²) in [5, 5.41) is 3.08. The number of benzene rings is 4. The molecule has 5 heteroatoms. The van der Waals surface area contributed by atoms with E-state index in [0.29, 0.717) is 10.1 Å². The molecule has 2 heterocycles. The lowest BCUT2D eigenvalue weighted by Crippen LogP contribution is -2.21. The number of amidine groups is 1. The summed E-state index contributed by atoms with van der Waals surface area (Å²) in [6.45, 7) is 3.07. The summed E-state index contributed by atoms with van der Waals surface area (Å²) in [5.74, 6) is -0.210. The van der Waals surface area contributed by atoms with Gasteiger partial charge >= 0.3 is 0 Å². The minimum atomic E-state index is -0.210. The summed E-state index contributed by atoms with van der Waals surface area (Å²) >= 11 is 1.41. The number of hydrogen-bond donors (Lipinski definition) is 0. The Morgan fingerprint density at radius 1 is 0.800 bits per heavy atom. The largest absolute Gasteiger partial charge is 0.341 e. The Labute approximate surface area is 208 Å². The number of aliphatic imine (C=N–C) groups is 1. The lowest BCUT2D eigenvalue weighted by molar-refractivity contribution is -0.113. The first-order valence-corrected chi connectivity index (χ1v) is 12.5. The number of aryl methyl sites for hydroxylation is 1. The first-order chi connectivity index (χ1) is 17.2. The average Bonchev–Trinajstić information content (AvgIpc) is 3.42. The van der Waals surface area contributed by atoms with Crippen molar-refractivity contribution in [2.75, 3.05) is 4.90 Å². The maximum absolute atomic E-state index is 13.0. The molecule has 0 radical (unpaired) electrons. The number of nitrogens with zero attached hydrogens (tertiary/aromatic N) is 3. The molecule has 0 bridgehead atoms. The molecule has 0 aliphatic carbocycles. The van der Waals surface area contributed by atoms with Crippen LogP contribution in [0.3, 0.4) is 0 Å². The molecular formula is C30H23N3OS. The Balaban J connectivity index is 1.38. The predicted molar refractivity (Wildman–Crippen MR) is 148 cm³/mol. The number of amides is 1. The molecular weight excluding hydrogens is 450 g/mol. The van der Waals surface area contributed by atoms with Gasteiger partial charge < -0.3 is 4.57 Å². The zero-order valence-corrected chi connectivity index (χ0v) is 20.1. The summed E-state index contributed by atoms with van der Waals surface area (Å²) in [4.78, 5) is 20.1. The molecule has 6 rings (SSSR count). The van der Waals surface area contributed by atoms with Gasteiger partial charge in [-0.15, -0.1) is 0 Å². The van der Waals surface area contributed by atoms with Gasteiger partial charge in [0.05, 0.1) is 4.91 Å². The fraction of sp³-hybridized carbons (Fsp3) is 0.0667. The van der Waals surface area contributed by atoms with Gasteiger partial charge in [0.2, 0.25) is 0 Å². The highest BCUT2D eigenvalue weighted by Crippen LogP contribution is 2.37. The van der Waals surface area contributed by atoms with Crippen molar-refractivity contribution < 1.29 is 4.79 Å². The van der Waals surface area contributed by atoms with Crippen LogP contribution in [0.15, 0.2) is 113 Å². The monoisotopic (exact) mass is 473 g/mol. The fourth-order valence-electron chi connectivity index (χ4n) is 4.67. The molecule has 1 aliphatic heterocycles. The molecule has 4 nitrogen and oxygen atoms in total. The Morgan fingerprint density at radius 2 is 1.43 bits per heavy atom. The van der Waals surface area contributed by atoms with E-state index in [4.69, 9.17) is 0 Å². The van der Waals surface area contributed by atoms with Crippen LogP contribution in [0.1, 0.15) is 12.5 Å². The normalized spacial score (nSPS) is 14.7. The molecule has 35 heavy (non-hydrogen) atoms. The minimum absolute atomic E-state index is 0.210. The lowest BCUT2D eigenvalue weighted by Gasteiger charge is -2.23. The van der Waals surface area contributed by atoms with Crippen molar-refractivity contribution in [3.8, 4) is 0 Å². The smallest absolute Gasteiger partial charge is 0.286 e.